The van der Waals surface area contributed by atoms with Crippen LogP contribution in [0.1, 0.15) is 16.0 Å². The molecule has 0 saturated carbocycles. The molecule has 12 heteroatoms. The normalized spacial score (nSPS) is 13.0. The van der Waals surface area contributed by atoms with E-state index >= 15 is 0 Å². The molecule has 0 amide bonds. The number of nitrogens with one attached hydrogen (secondary N) is 1. The summed E-state index contributed by atoms with van der Waals surface area (Å²) in [5, 5.41) is 9.65. The Bertz CT molecular complexity index is 1420. The maximum atomic E-state index is 6.07. The van der Waals surface area contributed by atoms with Crippen LogP contribution >= 0.6 is 35.5 Å². The van der Waals surface area contributed by atoms with Gasteiger partial charge in [0.2, 0.25) is 0 Å². The van der Waals surface area contributed by atoms with E-state index in [9.17, 15) is 0 Å². The molecule has 5 rings (SSSR count). The third-order valence-corrected chi connectivity index (χ3v) is 6.83. The molecule has 0 atom stereocenters. The first-order valence-corrected chi connectivity index (χ1v) is 12.0. The summed E-state index contributed by atoms with van der Waals surface area (Å²) in [5.41, 5.74) is 5.33. The number of ether oxygens (including phenoxy) is 3. The van der Waals surface area contributed by atoms with E-state index in [0.29, 0.717) is 33.8 Å². The van der Waals surface area contributed by atoms with Gasteiger partial charge in [-0.05, 0) is 56.0 Å². The van der Waals surface area contributed by atoms with Crippen LogP contribution in [0.3, 0.4) is 0 Å². The number of aromatic amines is 1. The van der Waals surface area contributed by atoms with Gasteiger partial charge in [-0.2, -0.15) is 0 Å². The lowest BCUT2D eigenvalue weighted by Gasteiger charge is -2.12. The minimum atomic E-state index is 0. The molecule has 0 spiro atoms. The monoisotopic (exact) mass is 549 g/mol. The maximum Gasteiger partial charge on any atom is 0.170 e. The average Bonchev–Trinajstić information content (AvgIpc) is 3.51. The minimum Gasteiger partial charge on any atom is -0.493 e. The molecule has 4 aromatic rings. The molecule has 1 aliphatic rings. The first kappa shape index (κ1) is 26.0. The van der Waals surface area contributed by atoms with E-state index < -0.39 is 0 Å². The Morgan fingerprint density at radius 2 is 1.83 bits per heavy atom. The number of H-pyrrole nitrogens is 1. The first-order chi connectivity index (χ1) is 17.0. The van der Waals surface area contributed by atoms with E-state index in [4.69, 9.17) is 30.6 Å². The summed E-state index contributed by atoms with van der Waals surface area (Å²) in [6, 6.07) is 9.86. The molecule has 0 unspecified atom stereocenters. The van der Waals surface area contributed by atoms with E-state index in [0.717, 1.165) is 45.6 Å². The molecule has 0 bridgehead atoms. The van der Waals surface area contributed by atoms with Crippen LogP contribution in [0.5, 0.6) is 17.2 Å². The molecule has 0 aliphatic heterocycles. The van der Waals surface area contributed by atoms with Crippen molar-refractivity contribution in [3.05, 3.63) is 51.5 Å². The van der Waals surface area contributed by atoms with Crippen molar-refractivity contribution in [2.45, 2.75) is 6.61 Å². The molecule has 0 radical (unpaired) electrons. The number of hydrogen-bond acceptors (Lipinski definition) is 9. The van der Waals surface area contributed by atoms with Gasteiger partial charge in [0.1, 0.15) is 22.9 Å². The molecule has 190 valence electrons. The number of nitrogens with zero attached hydrogens (tertiary/aromatic N) is 4. The Hall–Kier alpha value is -3.05. The molecule has 0 fully saturated rings. The fourth-order valence-corrected chi connectivity index (χ4v) is 4.69. The van der Waals surface area contributed by atoms with Gasteiger partial charge in [0.05, 0.1) is 19.9 Å². The molecule has 1 aliphatic carbocycles. The molecule has 1 N–H and O–H groups in total. The van der Waals surface area contributed by atoms with Gasteiger partial charge in [0.15, 0.2) is 23.3 Å². The van der Waals surface area contributed by atoms with E-state index in [1.165, 1.54) is 11.5 Å². The van der Waals surface area contributed by atoms with Crippen molar-refractivity contribution in [3.63, 3.8) is 0 Å². The number of benzene rings is 2. The van der Waals surface area contributed by atoms with Crippen LogP contribution in [0, 0.1) is 0 Å². The van der Waals surface area contributed by atoms with Gasteiger partial charge in [0.25, 0.3) is 0 Å². The number of likely N-dealkylation sites (N-methyl/N-ethyl adjacent to an activating group) is 1. The lowest BCUT2D eigenvalue weighted by molar-refractivity contribution is 0.133. The summed E-state index contributed by atoms with van der Waals surface area (Å²) in [6.45, 7) is 1.58. The SMILES string of the molecule is COc1cc2c(cc1OC)-c1[nH]c3ccc(OCCN(C)C)cc3c1C2=NOCc1snnc1Cl.Cl. The highest BCUT2D eigenvalue weighted by atomic mass is 35.5. The van der Waals surface area contributed by atoms with Crippen LogP contribution in [0.15, 0.2) is 35.5 Å². The zero-order chi connectivity index (χ0) is 24.5. The molecular formula is C24H25Cl2N5O4S. The molecule has 9 nitrogen and oxygen atoms in total. The van der Waals surface area contributed by atoms with Crippen LogP contribution in [0.4, 0.5) is 0 Å². The lowest BCUT2D eigenvalue weighted by Crippen LogP contribution is -2.19. The van der Waals surface area contributed by atoms with Crippen molar-refractivity contribution in [3.8, 4) is 28.5 Å². The Morgan fingerprint density at radius 1 is 1.08 bits per heavy atom. The summed E-state index contributed by atoms with van der Waals surface area (Å²) in [7, 11) is 7.26. The predicted octanol–water partition coefficient (Wildman–Crippen LogP) is 5.00. The predicted molar refractivity (Wildman–Crippen MR) is 143 cm³/mol. The number of halogens is 2. The van der Waals surface area contributed by atoms with Gasteiger partial charge in [-0.1, -0.05) is 21.2 Å². The lowest BCUT2D eigenvalue weighted by atomic mass is 10.1. The average molecular weight is 550 g/mol. The highest BCUT2D eigenvalue weighted by Gasteiger charge is 2.32. The first-order valence-electron chi connectivity index (χ1n) is 10.9. The van der Waals surface area contributed by atoms with Gasteiger partial charge < -0.3 is 28.9 Å². The maximum absolute atomic E-state index is 6.07. The second-order valence-corrected chi connectivity index (χ2v) is 9.38. The second-order valence-electron chi connectivity index (χ2n) is 8.19. The minimum absolute atomic E-state index is 0. The number of methoxy groups -OCH3 is 2. The molecule has 36 heavy (non-hydrogen) atoms. The van der Waals surface area contributed by atoms with Crippen LogP contribution in [0.25, 0.3) is 22.2 Å². The highest BCUT2D eigenvalue weighted by Crippen LogP contribution is 2.46. The van der Waals surface area contributed by atoms with E-state index in [1.54, 1.807) is 14.2 Å². The number of oxime groups is 1. The zero-order valence-electron chi connectivity index (χ0n) is 20.1. The summed E-state index contributed by atoms with van der Waals surface area (Å²) in [4.78, 5) is 12.1. The van der Waals surface area contributed by atoms with Crippen molar-refractivity contribution in [2.24, 2.45) is 5.16 Å². The smallest absolute Gasteiger partial charge is 0.170 e. The highest BCUT2D eigenvalue weighted by molar-refractivity contribution is 7.06. The Balaban J connectivity index is 0.00000304. The van der Waals surface area contributed by atoms with Crippen LogP contribution < -0.4 is 14.2 Å². The summed E-state index contributed by atoms with van der Waals surface area (Å²) < 4.78 is 20.9. The van der Waals surface area contributed by atoms with Crippen LogP contribution in [0.2, 0.25) is 5.15 Å². The Kier molecular flexibility index (Phi) is 7.89. The fraction of sp³-hybridized carbons (Fsp3) is 0.292. The van der Waals surface area contributed by atoms with Gasteiger partial charge in [-0.3, -0.25) is 0 Å². The van der Waals surface area contributed by atoms with Gasteiger partial charge in [-0.15, -0.1) is 17.5 Å². The van der Waals surface area contributed by atoms with Crippen molar-refractivity contribution >= 4 is 52.2 Å². The number of aromatic nitrogens is 3. The Morgan fingerprint density at radius 3 is 2.50 bits per heavy atom. The third kappa shape index (κ3) is 4.81. The standard InChI is InChI=1S/C24H24ClN5O4S.ClH/c1-30(2)7-8-33-13-5-6-17-16(9-13)21-22(26-17)14-10-18(31-3)19(32-4)11-15(14)23(21)28-34-12-20-24(25)27-29-35-20;/h5-6,9-11,26H,7-8,12H2,1-4H3;1H. The van der Waals surface area contributed by atoms with Crippen LogP contribution in [-0.2, 0) is 11.4 Å². The van der Waals surface area contributed by atoms with Gasteiger partial charge in [-0.25, -0.2) is 0 Å². The topological polar surface area (TPSA) is 94.1 Å². The van der Waals surface area contributed by atoms with E-state index in [2.05, 4.69) is 24.6 Å². The number of fused-ring (bicyclic) bond motifs is 5. The molecule has 2 aromatic heterocycles. The van der Waals surface area contributed by atoms with Gasteiger partial charge >= 0.3 is 0 Å². The largest absolute Gasteiger partial charge is 0.493 e. The van der Waals surface area contributed by atoms with E-state index in [-0.39, 0.29) is 19.0 Å². The van der Waals surface area contributed by atoms with Crippen molar-refractivity contribution in [1.29, 1.82) is 0 Å². The summed E-state index contributed by atoms with van der Waals surface area (Å²) >= 11 is 7.25. The molecule has 2 aromatic carbocycles. The van der Waals surface area contributed by atoms with E-state index in [1.807, 2.05) is 44.4 Å². The van der Waals surface area contributed by atoms with Crippen LogP contribution in [-0.4, -0.2) is 66.6 Å². The third-order valence-electron chi connectivity index (χ3n) is 5.72. The van der Waals surface area contributed by atoms with Crippen molar-refractivity contribution < 1.29 is 19.0 Å². The number of rotatable bonds is 9. The fourth-order valence-electron chi connectivity index (χ4n) is 4.01. The quantitative estimate of drug-likeness (QED) is 0.258. The molecule has 2 heterocycles. The summed E-state index contributed by atoms with van der Waals surface area (Å²) in [5.74, 6) is 2.03. The van der Waals surface area contributed by atoms with Crippen molar-refractivity contribution in [2.75, 3.05) is 41.5 Å². The molecular weight excluding hydrogens is 525 g/mol. The number of hydrogen-bond donors (Lipinski definition) is 1. The second kappa shape index (κ2) is 10.9. The molecule has 0 saturated heterocycles. The summed E-state index contributed by atoms with van der Waals surface area (Å²) in [6.07, 6.45) is 0. The van der Waals surface area contributed by atoms with Crippen molar-refractivity contribution in [1.82, 2.24) is 19.5 Å². The Labute approximate surface area is 223 Å². The zero-order valence-corrected chi connectivity index (χ0v) is 22.5. The van der Waals surface area contributed by atoms with Gasteiger partial charge in [0, 0.05) is 34.1 Å².